The number of phenols is 1. The minimum Gasteiger partial charge on any atom is -0.508 e. The largest absolute Gasteiger partial charge is 0.508 e. The van der Waals surface area contributed by atoms with Gasteiger partial charge in [-0.15, -0.1) is 0 Å². The molecule has 2 rings (SSSR count). The summed E-state index contributed by atoms with van der Waals surface area (Å²) in [6.45, 7) is 5.65. The van der Waals surface area contributed by atoms with E-state index < -0.39 is 41.9 Å². The highest BCUT2D eigenvalue weighted by Crippen LogP contribution is 2.31. The first kappa shape index (κ1) is 28.1. The predicted molar refractivity (Wildman–Crippen MR) is 126 cm³/mol. The normalized spacial score (nSPS) is 17.7. The summed E-state index contributed by atoms with van der Waals surface area (Å²) in [5, 5.41) is 33.7. The standard InChI is InChI=1S/C24H35N3O8/c1-24(2,3)12-19(29)25-17(22(31)32)8-10-35-13-18(23(33)34)26-21(30)20-16-11-15(28)6-5-14(16)7-9-27(20)4/h5-6,11,17-18,20,28H,7-10,12-13H2,1-4H3,(H,25,29)(H,26,30)(H,31,32)(H,33,34). The van der Waals surface area contributed by atoms with Crippen LogP contribution in [0.25, 0.3) is 0 Å². The number of hydrogen-bond acceptors (Lipinski definition) is 7. The number of aliphatic carboxylic acids is 2. The Morgan fingerprint density at radius 2 is 1.77 bits per heavy atom. The molecule has 1 aliphatic rings. The average Bonchev–Trinajstić information content (AvgIpc) is 2.72. The Labute approximate surface area is 204 Å². The van der Waals surface area contributed by atoms with Crippen molar-refractivity contribution >= 4 is 23.8 Å². The third kappa shape index (κ3) is 8.52. The first-order chi connectivity index (χ1) is 16.3. The summed E-state index contributed by atoms with van der Waals surface area (Å²) >= 11 is 0. The maximum absolute atomic E-state index is 13.0. The molecule has 0 saturated heterocycles. The summed E-state index contributed by atoms with van der Waals surface area (Å²) in [6.07, 6.45) is 0.781. The van der Waals surface area contributed by atoms with Gasteiger partial charge >= 0.3 is 11.9 Å². The lowest BCUT2D eigenvalue weighted by Gasteiger charge is -2.34. The van der Waals surface area contributed by atoms with Crippen molar-refractivity contribution in [3.63, 3.8) is 0 Å². The molecule has 0 radical (unpaired) electrons. The summed E-state index contributed by atoms with van der Waals surface area (Å²) in [6, 6.07) is 1.47. The van der Waals surface area contributed by atoms with Gasteiger partial charge in [-0.1, -0.05) is 26.8 Å². The van der Waals surface area contributed by atoms with Crippen molar-refractivity contribution in [1.29, 1.82) is 0 Å². The first-order valence-electron chi connectivity index (χ1n) is 11.4. The van der Waals surface area contributed by atoms with E-state index in [0.717, 1.165) is 5.56 Å². The van der Waals surface area contributed by atoms with E-state index in [1.54, 1.807) is 24.1 Å². The molecule has 3 unspecified atom stereocenters. The van der Waals surface area contributed by atoms with Crippen LogP contribution in [-0.4, -0.2) is 82.9 Å². The van der Waals surface area contributed by atoms with Gasteiger partial charge in [0.15, 0.2) is 6.04 Å². The minimum absolute atomic E-state index is 0.0116. The summed E-state index contributed by atoms with van der Waals surface area (Å²) in [4.78, 5) is 50.0. The summed E-state index contributed by atoms with van der Waals surface area (Å²) in [7, 11) is 1.74. The Morgan fingerprint density at radius 1 is 1.11 bits per heavy atom. The number of nitrogens with one attached hydrogen (secondary N) is 2. The molecular weight excluding hydrogens is 458 g/mol. The number of fused-ring (bicyclic) bond motifs is 1. The van der Waals surface area contributed by atoms with Gasteiger partial charge in [-0.2, -0.15) is 0 Å². The van der Waals surface area contributed by atoms with Crippen molar-refractivity contribution in [2.75, 3.05) is 26.8 Å². The second kappa shape index (κ2) is 12.0. The van der Waals surface area contributed by atoms with Crippen LogP contribution < -0.4 is 10.6 Å². The fraction of sp³-hybridized carbons (Fsp3) is 0.583. The second-order valence-corrected chi connectivity index (χ2v) is 9.98. The van der Waals surface area contributed by atoms with E-state index in [9.17, 15) is 34.5 Å². The summed E-state index contributed by atoms with van der Waals surface area (Å²) in [5.41, 5.74) is 1.20. The van der Waals surface area contributed by atoms with E-state index in [1.807, 2.05) is 20.8 Å². The van der Waals surface area contributed by atoms with E-state index >= 15 is 0 Å². The highest BCUT2D eigenvalue weighted by molar-refractivity contribution is 5.88. The van der Waals surface area contributed by atoms with Crippen LogP contribution in [0.1, 0.15) is 50.8 Å². The topological polar surface area (TPSA) is 165 Å². The molecule has 11 heteroatoms. The lowest BCUT2D eigenvalue weighted by Crippen LogP contribution is -2.50. The van der Waals surface area contributed by atoms with Gasteiger partial charge < -0.3 is 30.7 Å². The van der Waals surface area contributed by atoms with Crippen LogP contribution in [0.2, 0.25) is 0 Å². The third-order valence-corrected chi connectivity index (χ3v) is 5.62. The van der Waals surface area contributed by atoms with Crippen LogP contribution in [0.15, 0.2) is 18.2 Å². The molecule has 1 aromatic rings. The van der Waals surface area contributed by atoms with Crippen molar-refractivity contribution in [3.05, 3.63) is 29.3 Å². The summed E-state index contributed by atoms with van der Waals surface area (Å²) < 4.78 is 5.36. The number of carbonyl (C=O) groups is 4. The number of aromatic hydroxyl groups is 1. The van der Waals surface area contributed by atoms with Gasteiger partial charge in [0, 0.05) is 26.0 Å². The van der Waals surface area contributed by atoms with E-state index in [1.165, 1.54) is 6.07 Å². The molecule has 194 valence electrons. The van der Waals surface area contributed by atoms with Crippen LogP contribution in [0.5, 0.6) is 5.75 Å². The van der Waals surface area contributed by atoms with Gasteiger partial charge in [-0.05, 0) is 42.1 Å². The number of benzene rings is 1. The average molecular weight is 494 g/mol. The van der Waals surface area contributed by atoms with Gasteiger partial charge in [-0.3, -0.25) is 14.5 Å². The molecule has 3 atom stereocenters. The maximum Gasteiger partial charge on any atom is 0.328 e. The maximum atomic E-state index is 13.0. The molecule has 5 N–H and O–H groups in total. The van der Waals surface area contributed by atoms with Crippen LogP contribution in [0.3, 0.4) is 0 Å². The lowest BCUT2D eigenvalue weighted by atomic mass is 9.92. The Hall–Kier alpha value is -3.18. The third-order valence-electron chi connectivity index (χ3n) is 5.62. The van der Waals surface area contributed by atoms with Crippen molar-refractivity contribution < 1.29 is 39.2 Å². The van der Waals surface area contributed by atoms with Crippen molar-refractivity contribution in [3.8, 4) is 5.75 Å². The molecule has 0 saturated carbocycles. The number of phenolic OH excluding ortho intramolecular Hbond substituents is 1. The van der Waals surface area contributed by atoms with Crippen LogP contribution in [0, 0.1) is 5.41 Å². The van der Waals surface area contributed by atoms with Gasteiger partial charge in [-0.25, -0.2) is 9.59 Å². The van der Waals surface area contributed by atoms with Crippen molar-refractivity contribution in [2.24, 2.45) is 5.41 Å². The number of carbonyl (C=O) groups excluding carboxylic acids is 2. The van der Waals surface area contributed by atoms with Crippen LogP contribution >= 0.6 is 0 Å². The van der Waals surface area contributed by atoms with Crippen molar-refractivity contribution in [1.82, 2.24) is 15.5 Å². The molecule has 0 spiro atoms. The molecule has 0 bridgehead atoms. The van der Waals surface area contributed by atoms with E-state index in [-0.39, 0.29) is 37.2 Å². The van der Waals surface area contributed by atoms with E-state index in [2.05, 4.69) is 10.6 Å². The second-order valence-electron chi connectivity index (χ2n) is 9.98. The van der Waals surface area contributed by atoms with Crippen LogP contribution in [0.4, 0.5) is 0 Å². The van der Waals surface area contributed by atoms with E-state index in [4.69, 9.17) is 4.74 Å². The molecular formula is C24H35N3O8. The monoisotopic (exact) mass is 493 g/mol. The number of likely N-dealkylation sites (N-methyl/N-ethyl adjacent to an activating group) is 1. The molecule has 0 aliphatic carbocycles. The zero-order valence-electron chi connectivity index (χ0n) is 20.5. The molecule has 1 aliphatic heterocycles. The highest BCUT2D eigenvalue weighted by atomic mass is 16.5. The number of nitrogens with zero attached hydrogens (tertiary/aromatic N) is 1. The fourth-order valence-electron chi connectivity index (χ4n) is 3.88. The fourth-order valence-corrected chi connectivity index (χ4v) is 3.88. The predicted octanol–water partition coefficient (Wildman–Crippen LogP) is 0.903. The molecule has 11 nitrogen and oxygen atoms in total. The quantitative estimate of drug-likeness (QED) is 0.282. The van der Waals surface area contributed by atoms with Gasteiger partial charge in [0.05, 0.1) is 6.61 Å². The molecule has 1 aromatic carbocycles. The zero-order chi connectivity index (χ0) is 26.3. The van der Waals surface area contributed by atoms with Gasteiger partial charge in [0.25, 0.3) is 0 Å². The number of carboxylic acids is 2. The van der Waals surface area contributed by atoms with E-state index in [0.29, 0.717) is 18.5 Å². The van der Waals surface area contributed by atoms with Crippen molar-refractivity contribution in [2.45, 2.75) is 58.2 Å². The van der Waals surface area contributed by atoms with Crippen LogP contribution in [-0.2, 0) is 30.3 Å². The summed E-state index contributed by atoms with van der Waals surface area (Å²) in [5.74, 6) is -3.46. The minimum atomic E-state index is -1.36. The zero-order valence-corrected chi connectivity index (χ0v) is 20.5. The Morgan fingerprint density at radius 3 is 2.37 bits per heavy atom. The SMILES string of the molecule is CN1CCc2ccc(O)cc2C1C(=O)NC(COCCC(NC(=O)CC(C)(C)C)C(=O)O)C(=O)O. The van der Waals surface area contributed by atoms with Gasteiger partial charge in [0.2, 0.25) is 11.8 Å². The Balaban J connectivity index is 1.94. The number of amides is 2. The molecule has 0 fully saturated rings. The van der Waals surface area contributed by atoms with Gasteiger partial charge in [0.1, 0.15) is 17.8 Å². The smallest absolute Gasteiger partial charge is 0.328 e. The molecule has 35 heavy (non-hydrogen) atoms. The highest BCUT2D eigenvalue weighted by Gasteiger charge is 2.33. The Kier molecular flexibility index (Phi) is 9.61. The number of rotatable bonds is 11. The Bertz CT molecular complexity index is 943. The molecule has 2 amide bonds. The lowest BCUT2D eigenvalue weighted by molar-refractivity contribution is -0.145. The number of carboxylic acid groups (broad SMARTS) is 2. The number of ether oxygens (including phenoxy) is 1. The molecule has 1 heterocycles. The first-order valence-corrected chi connectivity index (χ1v) is 11.4. The number of hydrogen-bond donors (Lipinski definition) is 5. The molecule has 0 aromatic heterocycles.